The van der Waals surface area contributed by atoms with Gasteiger partial charge in [-0.3, -0.25) is 0 Å². The first-order valence-electron chi connectivity index (χ1n) is 2.40. The molecule has 1 rings (SSSR count). The topological polar surface area (TPSA) is 86.0 Å². The molecule has 4 heteroatoms. The van der Waals surface area contributed by atoms with Crippen molar-refractivity contribution in [2.45, 2.75) is 0 Å². The largest absolute Gasteiger partial charge is 0.870 e. The Balaban J connectivity index is 0. The first-order valence-corrected chi connectivity index (χ1v) is 2.40. The number of nitrogens with two attached hydrogens (primary N) is 1. The first-order chi connectivity index (χ1) is 3.79. The average molecular weight is 137 g/mol. The van der Waals surface area contributed by atoms with Crippen LogP contribution in [0.15, 0.2) is 24.3 Å². The number of hydrogen-bond donors (Lipinski definition) is 1. The first kappa shape index (κ1) is 11.8. The van der Waals surface area contributed by atoms with Crippen LogP contribution in [0.25, 0.3) is 0 Å². The number of anilines is 1. The predicted molar refractivity (Wildman–Crippen MR) is 40.1 cm³/mol. The van der Waals surface area contributed by atoms with Crippen molar-refractivity contribution >= 4 is 19.0 Å². The average Bonchev–Trinajstić information content (AvgIpc) is 1.77. The van der Waals surface area contributed by atoms with Crippen molar-refractivity contribution in [1.29, 1.82) is 0 Å². The van der Waals surface area contributed by atoms with Gasteiger partial charge in [0.2, 0.25) is 0 Å². The molecule has 0 saturated carbocycles. The van der Waals surface area contributed by atoms with Gasteiger partial charge in [0.25, 0.3) is 0 Å². The van der Waals surface area contributed by atoms with Crippen LogP contribution in [0.5, 0.6) is 0 Å². The van der Waals surface area contributed by atoms with Crippen molar-refractivity contribution in [3.8, 4) is 0 Å². The van der Waals surface area contributed by atoms with Crippen LogP contribution in [-0.2, 0) is 0 Å². The molecule has 0 unspecified atom stereocenters. The van der Waals surface area contributed by atoms with Gasteiger partial charge in [0, 0.05) is 0 Å². The zero-order chi connectivity index (χ0) is 5.98. The van der Waals surface area contributed by atoms with E-state index in [4.69, 9.17) is 13.6 Å². The van der Waals surface area contributed by atoms with Gasteiger partial charge in [-0.1, -0.05) is 0 Å². The van der Waals surface area contributed by atoms with Gasteiger partial charge < -0.3 is 11.0 Å². The third kappa shape index (κ3) is 3.12. The maximum absolute atomic E-state index is 5.37. The molecule has 0 radical (unpaired) electrons. The van der Waals surface area contributed by atoms with Gasteiger partial charge in [-0.25, -0.2) is 0 Å². The number of hydrogen-bond acceptors (Lipinski definition) is 3. The van der Waals surface area contributed by atoms with Gasteiger partial charge in [0.1, 0.15) is 0 Å². The molecule has 0 aliphatic carbocycles. The van der Waals surface area contributed by atoms with E-state index >= 15 is 0 Å². The van der Waals surface area contributed by atoms with E-state index < -0.39 is 0 Å². The van der Waals surface area contributed by atoms with Crippen LogP contribution >= 0.6 is 0 Å². The molecule has 0 heterocycles. The normalized spacial score (nSPS) is 7.40. The van der Waals surface area contributed by atoms with Crippen molar-refractivity contribution in [3.05, 3.63) is 24.3 Å². The van der Waals surface area contributed by atoms with Gasteiger partial charge in [0.05, 0.1) is 0 Å². The van der Waals surface area contributed by atoms with Gasteiger partial charge in [0.15, 0.2) is 0 Å². The molecule has 0 saturated heterocycles. The third-order valence-corrected chi connectivity index (χ3v) is 0.936. The maximum atomic E-state index is 5.37. The summed E-state index contributed by atoms with van der Waals surface area (Å²) in [6.07, 6.45) is 0. The second-order valence-electron chi connectivity index (χ2n) is 1.67. The smallest absolute Gasteiger partial charge is 0.870 e. The summed E-state index contributed by atoms with van der Waals surface area (Å²) in [5.74, 6) is 0. The van der Waals surface area contributed by atoms with E-state index in [0.29, 0.717) is 0 Å². The van der Waals surface area contributed by atoms with Gasteiger partial charge in [-0.15, -0.1) is 0 Å². The van der Waals surface area contributed by atoms with E-state index in [1.54, 1.807) is 24.3 Å². The summed E-state index contributed by atoms with van der Waals surface area (Å²) in [6, 6.07) is 7.09. The second-order valence-corrected chi connectivity index (χ2v) is 1.67. The van der Waals surface area contributed by atoms with Gasteiger partial charge >= 0.3 is 49.0 Å². The van der Waals surface area contributed by atoms with E-state index in [-0.39, 0.29) is 11.0 Å². The molecule has 0 aromatic heterocycles. The standard InChI is InChI=1S/C6H6BN.2H2O/c7-5-1-3-6(8)4-2-5;;/h1-4H,8H2;2*1H2/q+2;;/p-2. The molecule has 52 valence electrons. The molecule has 0 fully saturated rings. The summed E-state index contributed by atoms with van der Waals surface area (Å²) in [7, 11) is 5.37. The van der Waals surface area contributed by atoms with Crippen molar-refractivity contribution in [1.82, 2.24) is 0 Å². The Labute approximate surface area is 60.9 Å². The molecule has 1 aromatic carbocycles. The Bertz CT molecular complexity index is 155. The predicted octanol–water partition coefficient (Wildman–Crippen LogP) is -0.291. The van der Waals surface area contributed by atoms with Crippen LogP contribution in [0.4, 0.5) is 5.69 Å². The Morgan fingerprint density at radius 3 is 1.70 bits per heavy atom. The monoisotopic (exact) mass is 137 g/mol. The molecule has 0 aliphatic heterocycles. The zero-order valence-electron chi connectivity index (χ0n) is 5.36. The molecular formula is C6H8BNO2. The van der Waals surface area contributed by atoms with Crippen LogP contribution in [0.1, 0.15) is 0 Å². The van der Waals surface area contributed by atoms with Crippen LogP contribution in [0.2, 0.25) is 0 Å². The minimum absolute atomic E-state index is 0. The molecule has 0 bridgehead atoms. The molecule has 0 spiro atoms. The summed E-state index contributed by atoms with van der Waals surface area (Å²) >= 11 is 0. The van der Waals surface area contributed by atoms with Crippen molar-refractivity contribution in [3.63, 3.8) is 0 Å². The zero-order valence-corrected chi connectivity index (χ0v) is 5.36. The Morgan fingerprint density at radius 1 is 1.00 bits per heavy atom. The van der Waals surface area contributed by atoms with E-state index in [1.165, 1.54) is 0 Å². The molecular weight excluding hydrogens is 129 g/mol. The molecule has 4 N–H and O–H groups in total. The minimum atomic E-state index is 0. The van der Waals surface area contributed by atoms with Gasteiger partial charge in [-0.2, -0.15) is 0 Å². The minimum Gasteiger partial charge on any atom is -0.870 e. The third-order valence-electron chi connectivity index (χ3n) is 0.936. The SMILES string of the molecule is [B+2]c1ccc(N)cc1.[OH-].[OH-]. The quantitative estimate of drug-likeness (QED) is 0.393. The van der Waals surface area contributed by atoms with Crippen molar-refractivity contribution in [2.24, 2.45) is 0 Å². The van der Waals surface area contributed by atoms with Gasteiger partial charge in [-0.05, 0) is 0 Å². The van der Waals surface area contributed by atoms with Crippen molar-refractivity contribution < 1.29 is 11.0 Å². The summed E-state index contributed by atoms with van der Waals surface area (Å²) in [5, 5.41) is 0. The fourth-order valence-electron chi connectivity index (χ4n) is 0.496. The molecule has 0 aliphatic rings. The van der Waals surface area contributed by atoms with Crippen LogP contribution in [0, 0.1) is 0 Å². The summed E-state index contributed by atoms with van der Waals surface area (Å²) in [6.45, 7) is 0. The number of nitrogen functional groups attached to an aromatic ring is 1. The summed E-state index contributed by atoms with van der Waals surface area (Å²) < 4.78 is 0. The van der Waals surface area contributed by atoms with Crippen LogP contribution < -0.4 is 11.2 Å². The molecule has 0 atom stereocenters. The number of benzene rings is 1. The molecule has 0 amide bonds. The Hall–Kier alpha value is -0.995. The van der Waals surface area contributed by atoms with E-state index in [1.807, 2.05) is 0 Å². The Morgan fingerprint density at radius 2 is 1.40 bits per heavy atom. The summed E-state index contributed by atoms with van der Waals surface area (Å²) in [5.41, 5.74) is 6.87. The fourth-order valence-corrected chi connectivity index (χ4v) is 0.496. The molecule has 1 aromatic rings. The van der Waals surface area contributed by atoms with E-state index in [0.717, 1.165) is 11.2 Å². The van der Waals surface area contributed by atoms with E-state index in [9.17, 15) is 0 Å². The fraction of sp³-hybridized carbons (Fsp3) is 0. The van der Waals surface area contributed by atoms with Crippen LogP contribution in [0.3, 0.4) is 0 Å². The Kier molecular flexibility index (Phi) is 5.70. The van der Waals surface area contributed by atoms with Crippen LogP contribution in [-0.4, -0.2) is 18.8 Å². The molecule has 3 nitrogen and oxygen atoms in total. The molecule has 10 heavy (non-hydrogen) atoms. The van der Waals surface area contributed by atoms with Crippen molar-refractivity contribution in [2.75, 3.05) is 5.73 Å². The number of rotatable bonds is 0. The van der Waals surface area contributed by atoms with E-state index in [2.05, 4.69) is 0 Å². The summed E-state index contributed by atoms with van der Waals surface area (Å²) in [4.78, 5) is 0. The second kappa shape index (κ2) is 4.84. The maximum Gasteiger partial charge on any atom is -0.870 e.